The van der Waals surface area contributed by atoms with Gasteiger partial charge in [0.15, 0.2) is 0 Å². The summed E-state index contributed by atoms with van der Waals surface area (Å²) in [6.45, 7) is 0. The lowest BCUT2D eigenvalue weighted by Crippen LogP contribution is -1.99. The van der Waals surface area contributed by atoms with Gasteiger partial charge in [-0.1, -0.05) is 42.5 Å². The van der Waals surface area contributed by atoms with Gasteiger partial charge in [-0.2, -0.15) is 0 Å². The Morgan fingerprint density at radius 3 is 2.24 bits per heavy atom. The van der Waals surface area contributed by atoms with E-state index in [0.29, 0.717) is 0 Å². The quantitative estimate of drug-likeness (QED) is 0.837. The lowest BCUT2D eigenvalue weighted by molar-refractivity contribution is 0.168. The molecule has 1 atom stereocenters. The zero-order chi connectivity index (χ0) is 12.1. The Kier molecular flexibility index (Phi) is 4.57. The van der Waals surface area contributed by atoms with E-state index in [-0.39, 0.29) is 6.10 Å². The minimum Gasteiger partial charge on any atom is -0.388 e. The van der Waals surface area contributed by atoms with Crippen molar-refractivity contribution in [2.24, 2.45) is 0 Å². The molecule has 2 rings (SSSR count). The van der Waals surface area contributed by atoms with Gasteiger partial charge in [0.05, 0.1) is 6.10 Å². The summed E-state index contributed by atoms with van der Waals surface area (Å²) in [6, 6.07) is 18.3. The molecule has 17 heavy (non-hydrogen) atoms. The van der Waals surface area contributed by atoms with Gasteiger partial charge in [-0.05, 0) is 58.7 Å². The average Bonchev–Trinajstić information content (AvgIpc) is 2.38. The van der Waals surface area contributed by atoms with Crippen molar-refractivity contribution in [3.05, 3.63) is 69.3 Å². The first-order valence-corrected chi connectivity index (χ1v) is 6.81. The molecule has 0 saturated heterocycles. The lowest BCUT2D eigenvalue weighted by Gasteiger charge is -2.11. The highest BCUT2D eigenvalue weighted by Gasteiger charge is 2.07. The van der Waals surface area contributed by atoms with Gasteiger partial charge in [0.1, 0.15) is 0 Å². The number of aliphatic hydroxyl groups is 1. The summed E-state index contributed by atoms with van der Waals surface area (Å²) >= 11 is 2.27. The first kappa shape index (κ1) is 12.6. The van der Waals surface area contributed by atoms with E-state index in [1.54, 1.807) is 0 Å². The highest BCUT2D eigenvalue weighted by Crippen LogP contribution is 2.19. The van der Waals surface area contributed by atoms with Crippen molar-refractivity contribution in [3.63, 3.8) is 0 Å². The minimum atomic E-state index is -0.368. The standard InChI is InChI=1S/C15H15IO/c16-14-9-7-13(8-10-14)15(17)11-6-12-4-2-1-3-5-12/h1-5,7-10,15,17H,6,11H2. The summed E-state index contributed by atoms with van der Waals surface area (Å²) < 4.78 is 1.20. The van der Waals surface area contributed by atoms with E-state index < -0.39 is 0 Å². The molecule has 0 heterocycles. The van der Waals surface area contributed by atoms with Crippen LogP contribution in [0.3, 0.4) is 0 Å². The molecule has 1 unspecified atom stereocenters. The van der Waals surface area contributed by atoms with E-state index in [4.69, 9.17) is 0 Å². The molecule has 0 aliphatic heterocycles. The van der Waals surface area contributed by atoms with Crippen LogP contribution in [-0.4, -0.2) is 5.11 Å². The molecule has 0 spiro atoms. The normalized spacial score (nSPS) is 12.4. The topological polar surface area (TPSA) is 20.2 Å². The van der Waals surface area contributed by atoms with Gasteiger partial charge in [-0.3, -0.25) is 0 Å². The van der Waals surface area contributed by atoms with Gasteiger partial charge in [0.25, 0.3) is 0 Å². The molecule has 0 fully saturated rings. The van der Waals surface area contributed by atoms with Crippen LogP contribution in [0.2, 0.25) is 0 Å². The molecule has 0 radical (unpaired) electrons. The van der Waals surface area contributed by atoms with Gasteiger partial charge in [0.2, 0.25) is 0 Å². The van der Waals surface area contributed by atoms with Crippen LogP contribution in [0.15, 0.2) is 54.6 Å². The summed E-state index contributed by atoms with van der Waals surface area (Å²) in [5.74, 6) is 0. The van der Waals surface area contributed by atoms with Crippen LogP contribution in [0.1, 0.15) is 23.7 Å². The molecule has 2 aromatic rings. The molecule has 0 aromatic heterocycles. The Hall–Kier alpha value is -0.870. The van der Waals surface area contributed by atoms with E-state index in [1.807, 2.05) is 42.5 Å². The van der Waals surface area contributed by atoms with Crippen molar-refractivity contribution in [2.75, 3.05) is 0 Å². The lowest BCUT2D eigenvalue weighted by atomic mass is 10.0. The van der Waals surface area contributed by atoms with E-state index >= 15 is 0 Å². The Bertz CT molecular complexity index is 450. The number of hydrogen-bond donors (Lipinski definition) is 1. The maximum atomic E-state index is 10.1. The molecule has 2 aromatic carbocycles. The largest absolute Gasteiger partial charge is 0.388 e. The fourth-order valence-corrected chi connectivity index (χ4v) is 2.16. The number of hydrogen-bond acceptors (Lipinski definition) is 1. The van der Waals surface area contributed by atoms with Crippen molar-refractivity contribution in [1.82, 2.24) is 0 Å². The van der Waals surface area contributed by atoms with Gasteiger partial charge >= 0.3 is 0 Å². The van der Waals surface area contributed by atoms with Gasteiger partial charge in [0, 0.05) is 3.57 Å². The maximum Gasteiger partial charge on any atom is 0.0793 e. The molecular weight excluding hydrogens is 323 g/mol. The number of aryl methyl sites for hydroxylation is 1. The van der Waals surface area contributed by atoms with Crippen LogP contribution in [0, 0.1) is 3.57 Å². The third kappa shape index (κ3) is 3.82. The molecule has 1 N–H and O–H groups in total. The number of halogens is 1. The summed E-state index contributed by atoms with van der Waals surface area (Å²) in [6.07, 6.45) is 1.31. The maximum absolute atomic E-state index is 10.1. The van der Waals surface area contributed by atoms with Crippen molar-refractivity contribution in [1.29, 1.82) is 0 Å². The predicted octanol–water partition coefficient (Wildman–Crippen LogP) is 3.96. The van der Waals surface area contributed by atoms with E-state index in [9.17, 15) is 5.11 Å². The molecule has 0 aliphatic rings. The van der Waals surface area contributed by atoms with Crippen molar-refractivity contribution < 1.29 is 5.11 Å². The number of aliphatic hydroxyl groups excluding tert-OH is 1. The van der Waals surface area contributed by atoms with Crippen LogP contribution in [-0.2, 0) is 6.42 Å². The summed E-state index contributed by atoms with van der Waals surface area (Å²) in [5.41, 5.74) is 2.28. The van der Waals surface area contributed by atoms with Crippen molar-refractivity contribution in [2.45, 2.75) is 18.9 Å². The predicted molar refractivity (Wildman–Crippen MR) is 78.9 cm³/mol. The second-order valence-corrected chi connectivity index (χ2v) is 5.34. The van der Waals surface area contributed by atoms with Crippen molar-refractivity contribution in [3.8, 4) is 0 Å². The molecule has 0 aliphatic carbocycles. The second kappa shape index (κ2) is 6.17. The fourth-order valence-electron chi connectivity index (χ4n) is 1.80. The highest BCUT2D eigenvalue weighted by molar-refractivity contribution is 14.1. The molecule has 88 valence electrons. The van der Waals surface area contributed by atoms with E-state index in [1.165, 1.54) is 9.13 Å². The Morgan fingerprint density at radius 2 is 1.59 bits per heavy atom. The van der Waals surface area contributed by atoms with Gasteiger partial charge < -0.3 is 5.11 Å². The zero-order valence-electron chi connectivity index (χ0n) is 9.51. The monoisotopic (exact) mass is 338 g/mol. The Morgan fingerprint density at radius 1 is 0.941 bits per heavy atom. The van der Waals surface area contributed by atoms with Crippen molar-refractivity contribution >= 4 is 22.6 Å². The Labute approximate surface area is 116 Å². The average molecular weight is 338 g/mol. The van der Waals surface area contributed by atoms with Crippen LogP contribution >= 0.6 is 22.6 Å². The van der Waals surface area contributed by atoms with Crippen LogP contribution in [0.4, 0.5) is 0 Å². The van der Waals surface area contributed by atoms with Gasteiger partial charge in [-0.25, -0.2) is 0 Å². The molecule has 0 amide bonds. The van der Waals surface area contributed by atoms with E-state index in [2.05, 4.69) is 34.7 Å². The summed E-state index contributed by atoms with van der Waals surface area (Å²) in [7, 11) is 0. The molecule has 0 saturated carbocycles. The third-order valence-corrected chi connectivity index (χ3v) is 3.52. The SMILES string of the molecule is OC(CCc1ccccc1)c1ccc(I)cc1. The van der Waals surface area contributed by atoms with Crippen LogP contribution in [0.5, 0.6) is 0 Å². The first-order valence-electron chi connectivity index (χ1n) is 5.73. The summed E-state index contributed by atoms with van der Waals surface area (Å²) in [5, 5.41) is 10.1. The van der Waals surface area contributed by atoms with E-state index in [0.717, 1.165) is 18.4 Å². The number of benzene rings is 2. The number of rotatable bonds is 4. The van der Waals surface area contributed by atoms with Crippen LogP contribution < -0.4 is 0 Å². The fraction of sp³-hybridized carbons (Fsp3) is 0.200. The first-order chi connectivity index (χ1) is 8.25. The molecule has 0 bridgehead atoms. The molecule has 2 heteroatoms. The Balaban J connectivity index is 1.93. The smallest absolute Gasteiger partial charge is 0.0793 e. The third-order valence-electron chi connectivity index (χ3n) is 2.80. The minimum absolute atomic E-state index is 0.368. The molecular formula is C15H15IO. The zero-order valence-corrected chi connectivity index (χ0v) is 11.7. The second-order valence-electron chi connectivity index (χ2n) is 4.09. The van der Waals surface area contributed by atoms with Gasteiger partial charge in [-0.15, -0.1) is 0 Å². The van der Waals surface area contributed by atoms with Crippen LogP contribution in [0.25, 0.3) is 0 Å². The summed E-state index contributed by atoms with van der Waals surface area (Å²) in [4.78, 5) is 0. The highest BCUT2D eigenvalue weighted by atomic mass is 127. The molecule has 1 nitrogen and oxygen atoms in total.